The Bertz CT molecular complexity index is 248. The van der Waals surface area contributed by atoms with Crippen molar-refractivity contribution in [2.45, 2.75) is 38.4 Å². The summed E-state index contributed by atoms with van der Waals surface area (Å²) in [6.45, 7) is 4.24. The summed E-state index contributed by atoms with van der Waals surface area (Å²) in [5.41, 5.74) is -0.359. The van der Waals surface area contributed by atoms with Gasteiger partial charge in [-0.15, -0.1) is 0 Å². The molecule has 1 N–H and O–H groups in total. The fraction of sp³-hybridized carbons (Fsp3) is 0.900. The van der Waals surface area contributed by atoms with Gasteiger partial charge >= 0.3 is 6.09 Å². The van der Waals surface area contributed by atoms with Gasteiger partial charge in [0, 0.05) is 17.4 Å². The Hall–Kier alpha value is -0.320. The molecule has 0 aliphatic carbocycles. The van der Waals surface area contributed by atoms with E-state index in [0.717, 1.165) is 6.42 Å². The van der Waals surface area contributed by atoms with Gasteiger partial charge in [-0.3, -0.25) is 0 Å². The number of hydrogen-bond donors (Lipinski definition) is 1. The third-order valence-corrected chi connectivity index (χ3v) is 3.65. The van der Waals surface area contributed by atoms with Crippen LogP contribution in [0.1, 0.15) is 26.7 Å². The van der Waals surface area contributed by atoms with Crippen LogP contribution in [0.4, 0.5) is 9.18 Å². The highest BCUT2D eigenvalue weighted by atomic mass is 79.9. The summed E-state index contributed by atoms with van der Waals surface area (Å²) in [6, 6.07) is 0. The standard InChI is InChI=1S/C10H17BrFNO2/c1-10(2)4-7(3-8(12)5-11)6-13(10)9(14)15/h7-8H,3-6H2,1-2H3,(H,14,15). The average molecular weight is 282 g/mol. The smallest absolute Gasteiger partial charge is 0.407 e. The monoisotopic (exact) mass is 281 g/mol. The molecule has 0 aromatic rings. The zero-order valence-corrected chi connectivity index (χ0v) is 10.6. The zero-order valence-electron chi connectivity index (χ0n) is 9.04. The molecule has 1 saturated heterocycles. The largest absolute Gasteiger partial charge is 0.465 e. The second kappa shape index (κ2) is 4.68. The Labute approximate surface area is 97.8 Å². The second-order valence-electron chi connectivity index (χ2n) is 4.76. The van der Waals surface area contributed by atoms with Crippen LogP contribution in [-0.4, -0.2) is 39.7 Å². The molecule has 0 bridgehead atoms. The molecule has 1 fully saturated rings. The number of carbonyl (C=O) groups is 1. The molecule has 0 saturated carbocycles. The van der Waals surface area contributed by atoms with Crippen molar-refractivity contribution in [3.63, 3.8) is 0 Å². The molecule has 0 aromatic heterocycles. The van der Waals surface area contributed by atoms with Crippen molar-refractivity contribution >= 4 is 22.0 Å². The van der Waals surface area contributed by atoms with Crippen molar-refractivity contribution in [2.75, 3.05) is 11.9 Å². The second-order valence-corrected chi connectivity index (χ2v) is 5.41. The Morgan fingerprint density at radius 2 is 2.33 bits per heavy atom. The van der Waals surface area contributed by atoms with Crippen LogP contribution in [0, 0.1) is 5.92 Å². The first kappa shape index (κ1) is 12.7. The highest BCUT2D eigenvalue weighted by Gasteiger charge is 2.41. The van der Waals surface area contributed by atoms with Gasteiger partial charge in [0.2, 0.25) is 0 Å². The van der Waals surface area contributed by atoms with Gasteiger partial charge in [0.1, 0.15) is 6.17 Å². The van der Waals surface area contributed by atoms with Gasteiger partial charge in [-0.2, -0.15) is 0 Å². The molecular formula is C10H17BrFNO2. The fourth-order valence-corrected chi connectivity index (χ4v) is 2.57. The highest BCUT2D eigenvalue weighted by Crippen LogP contribution is 2.35. The maximum absolute atomic E-state index is 13.2. The van der Waals surface area contributed by atoms with E-state index in [1.54, 1.807) is 0 Å². The maximum atomic E-state index is 13.2. The lowest BCUT2D eigenvalue weighted by atomic mass is 9.93. The van der Waals surface area contributed by atoms with Crippen LogP contribution in [-0.2, 0) is 0 Å². The first-order valence-electron chi connectivity index (χ1n) is 5.07. The lowest BCUT2D eigenvalue weighted by molar-refractivity contribution is 0.116. The SMILES string of the molecule is CC1(C)CC(CC(F)CBr)CN1C(=O)O. The number of hydrogen-bond acceptors (Lipinski definition) is 1. The van der Waals surface area contributed by atoms with E-state index in [-0.39, 0.29) is 11.5 Å². The van der Waals surface area contributed by atoms with Crippen LogP contribution in [0.3, 0.4) is 0 Å². The number of rotatable bonds is 3. The lowest BCUT2D eigenvalue weighted by Crippen LogP contribution is -2.41. The fourth-order valence-electron chi connectivity index (χ4n) is 2.31. The number of alkyl halides is 2. The molecular weight excluding hydrogens is 265 g/mol. The number of carboxylic acid groups (broad SMARTS) is 1. The van der Waals surface area contributed by atoms with Crippen molar-refractivity contribution in [2.24, 2.45) is 5.92 Å². The van der Waals surface area contributed by atoms with Gasteiger partial charge in [-0.1, -0.05) is 15.9 Å². The normalized spacial score (nSPS) is 26.7. The molecule has 1 aliphatic rings. The molecule has 1 aliphatic heterocycles. The molecule has 15 heavy (non-hydrogen) atoms. The molecule has 88 valence electrons. The maximum Gasteiger partial charge on any atom is 0.407 e. The summed E-state index contributed by atoms with van der Waals surface area (Å²) in [5, 5.41) is 9.31. The first-order chi connectivity index (χ1) is 6.86. The molecule has 0 spiro atoms. The van der Waals surface area contributed by atoms with Gasteiger partial charge in [0.05, 0.1) is 0 Å². The van der Waals surface area contributed by atoms with E-state index in [9.17, 15) is 9.18 Å². The Kier molecular flexibility index (Phi) is 3.98. The van der Waals surface area contributed by atoms with E-state index in [4.69, 9.17) is 5.11 Å². The Morgan fingerprint density at radius 1 is 1.73 bits per heavy atom. The third-order valence-electron chi connectivity index (χ3n) is 2.95. The van der Waals surface area contributed by atoms with E-state index >= 15 is 0 Å². The lowest BCUT2D eigenvalue weighted by Gasteiger charge is -2.28. The van der Waals surface area contributed by atoms with Gasteiger partial charge in [-0.05, 0) is 32.6 Å². The number of amides is 1. The molecule has 1 rings (SSSR count). The van der Waals surface area contributed by atoms with Crippen LogP contribution in [0.2, 0.25) is 0 Å². The minimum atomic E-state index is -0.906. The molecule has 2 unspecified atom stereocenters. The van der Waals surface area contributed by atoms with Crippen LogP contribution >= 0.6 is 15.9 Å². The minimum absolute atomic E-state index is 0.142. The predicted molar refractivity (Wildman–Crippen MR) is 60.2 cm³/mol. The molecule has 0 aromatic carbocycles. The summed E-state index contributed by atoms with van der Waals surface area (Å²) in [5.74, 6) is 0.142. The summed E-state index contributed by atoms with van der Waals surface area (Å²) in [4.78, 5) is 12.4. The predicted octanol–water partition coefficient (Wildman–Crippen LogP) is 2.89. The van der Waals surface area contributed by atoms with Crippen LogP contribution in [0.25, 0.3) is 0 Å². The third kappa shape index (κ3) is 3.06. The van der Waals surface area contributed by atoms with Crippen molar-refractivity contribution in [1.29, 1.82) is 0 Å². The summed E-state index contributed by atoms with van der Waals surface area (Å²) >= 11 is 3.09. The van der Waals surface area contributed by atoms with E-state index in [1.165, 1.54) is 4.90 Å². The number of likely N-dealkylation sites (tertiary alicyclic amines) is 1. The minimum Gasteiger partial charge on any atom is -0.465 e. The molecule has 5 heteroatoms. The van der Waals surface area contributed by atoms with Crippen molar-refractivity contribution < 1.29 is 14.3 Å². The first-order valence-corrected chi connectivity index (χ1v) is 6.19. The van der Waals surface area contributed by atoms with Crippen LogP contribution in [0.15, 0.2) is 0 Å². The summed E-state index contributed by atoms with van der Waals surface area (Å²) in [6.07, 6.45) is -0.596. The molecule has 2 atom stereocenters. The van der Waals surface area contributed by atoms with Gasteiger partial charge in [0.15, 0.2) is 0 Å². The zero-order chi connectivity index (χ0) is 11.6. The Morgan fingerprint density at radius 3 is 2.73 bits per heavy atom. The van der Waals surface area contributed by atoms with E-state index < -0.39 is 12.3 Å². The quantitative estimate of drug-likeness (QED) is 0.808. The Balaban J connectivity index is 2.58. The molecule has 3 nitrogen and oxygen atoms in total. The number of nitrogens with zero attached hydrogens (tertiary/aromatic N) is 1. The van der Waals surface area contributed by atoms with Crippen LogP contribution < -0.4 is 0 Å². The molecule has 1 amide bonds. The summed E-state index contributed by atoms with van der Waals surface area (Å²) in [7, 11) is 0. The van der Waals surface area contributed by atoms with E-state index in [0.29, 0.717) is 18.3 Å². The highest BCUT2D eigenvalue weighted by molar-refractivity contribution is 9.09. The molecule has 0 radical (unpaired) electrons. The van der Waals surface area contributed by atoms with Gasteiger partial charge in [0.25, 0.3) is 0 Å². The van der Waals surface area contributed by atoms with Crippen molar-refractivity contribution in [1.82, 2.24) is 4.90 Å². The van der Waals surface area contributed by atoms with E-state index in [1.807, 2.05) is 13.8 Å². The van der Waals surface area contributed by atoms with Gasteiger partial charge in [-0.25, -0.2) is 9.18 Å². The van der Waals surface area contributed by atoms with Crippen LogP contribution in [0.5, 0.6) is 0 Å². The van der Waals surface area contributed by atoms with Gasteiger partial charge < -0.3 is 10.0 Å². The average Bonchev–Trinajstić information content (AvgIpc) is 2.40. The molecule has 1 heterocycles. The topological polar surface area (TPSA) is 40.5 Å². The van der Waals surface area contributed by atoms with Crippen molar-refractivity contribution in [3.05, 3.63) is 0 Å². The van der Waals surface area contributed by atoms with Crippen molar-refractivity contribution in [3.8, 4) is 0 Å². The van der Waals surface area contributed by atoms with E-state index in [2.05, 4.69) is 15.9 Å². The number of halogens is 2. The summed E-state index contributed by atoms with van der Waals surface area (Å²) < 4.78 is 13.2.